The normalized spacial score (nSPS) is 19.4. The Kier molecular flexibility index (Phi) is 5.32. The second kappa shape index (κ2) is 6.30. The topological polar surface area (TPSA) is 74.7 Å². The Morgan fingerprint density at radius 3 is 2.35 bits per heavy atom. The summed E-state index contributed by atoms with van der Waals surface area (Å²) in [5.41, 5.74) is 0. The first kappa shape index (κ1) is 14.4. The van der Waals surface area contributed by atoms with Crippen LogP contribution in [0.4, 0.5) is 4.39 Å². The summed E-state index contributed by atoms with van der Waals surface area (Å²) in [5.74, 6) is -1.35. The highest BCUT2D eigenvalue weighted by Crippen LogP contribution is 2.20. The summed E-state index contributed by atoms with van der Waals surface area (Å²) in [6.45, 7) is 0.0143. The summed E-state index contributed by atoms with van der Waals surface area (Å²) >= 11 is 0. The lowest BCUT2D eigenvalue weighted by atomic mass is 9.99. The van der Waals surface area contributed by atoms with Crippen molar-refractivity contribution in [3.05, 3.63) is 0 Å². The van der Waals surface area contributed by atoms with Gasteiger partial charge in [0.1, 0.15) is 0 Å². The number of aliphatic carboxylic acids is 1. The van der Waals surface area contributed by atoms with Crippen molar-refractivity contribution >= 4 is 16.0 Å². The molecule has 0 radical (unpaired) electrons. The number of alkyl halides is 1. The van der Waals surface area contributed by atoms with Crippen LogP contribution in [0.2, 0.25) is 0 Å². The molecule has 7 heteroatoms. The molecule has 1 N–H and O–H groups in total. The smallest absolute Gasteiger partial charge is 0.306 e. The van der Waals surface area contributed by atoms with Gasteiger partial charge in [0.05, 0.1) is 18.3 Å². The Hall–Kier alpha value is -0.690. The summed E-state index contributed by atoms with van der Waals surface area (Å²) in [4.78, 5) is 10.7. The van der Waals surface area contributed by atoms with E-state index in [4.69, 9.17) is 5.11 Å². The third-order valence-electron chi connectivity index (χ3n) is 2.98. The lowest BCUT2D eigenvalue weighted by Gasteiger charge is -2.29. The van der Waals surface area contributed by atoms with Gasteiger partial charge in [0.15, 0.2) is 0 Å². The molecule has 1 aliphatic heterocycles. The predicted molar refractivity (Wildman–Crippen MR) is 60.9 cm³/mol. The van der Waals surface area contributed by atoms with Gasteiger partial charge in [-0.2, -0.15) is 0 Å². The van der Waals surface area contributed by atoms with Gasteiger partial charge in [-0.25, -0.2) is 12.7 Å². The minimum atomic E-state index is -3.33. The lowest BCUT2D eigenvalue weighted by molar-refractivity contribution is -0.142. The number of rotatable bonds is 6. The van der Waals surface area contributed by atoms with Gasteiger partial charge in [-0.1, -0.05) is 0 Å². The fourth-order valence-corrected chi connectivity index (χ4v) is 3.48. The fourth-order valence-electron chi connectivity index (χ4n) is 1.89. The first-order valence-corrected chi connectivity index (χ1v) is 7.35. The van der Waals surface area contributed by atoms with E-state index in [0.717, 1.165) is 0 Å². The van der Waals surface area contributed by atoms with E-state index in [1.165, 1.54) is 4.31 Å². The first-order chi connectivity index (χ1) is 7.97. The maximum absolute atomic E-state index is 11.9. The molecule has 5 nitrogen and oxygen atoms in total. The Bertz CT molecular complexity index is 349. The molecule has 1 rings (SSSR count). The number of carboxylic acid groups (broad SMARTS) is 1. The molecule has 100 valence electrons. The van der Waals surface area contributed by atoms with Crippen LogP contribution in [0.25, 0.3) is 0 Å². The maximum atomic E-state index is 11.9. The Morgan fingerprint density at radius 1 is 1.29 bits per heavy atom. The first-order valence-electron chi connectivity index (χ1n) is 5.74. The zero-order valence-electron chi connectivity index (χ0n) is 9.64. The third-order valence-corrected chi connectivity index (χ3v) is 4.94. The molecule has 0 atom stereocenters. The molecule has 0 aromatic carbocycles. The number of halogens is 1. The molecule has 0 saturated carbocycles. The van der Waals surface area contributed by atoms with Crippen LogP contribution in [0.5, 0.6) is 0 Å². The summed E-state index contributed by atoms with van der Waals surface area (Å²) in [5, 5.41) is 8.79. The highest BCUT2D eigenvalue weighted by Gasteiger charge is 2.30. The van der Waals surface area contributed by atoms with Crippen LogP contribution in [0, 0.1) is 5.92 Å². The Morgan fingerprint density at radius 2 is 1.88 bits per heavy atom. The molecule has 0 bridgehead atoms. The molecule has 17 heavy (non-hydrogen) atoms. The van der Waals surface area contributed by atoms with Crippen molar-refractivity contribution in [1.29, 1.82) is 0 Å². The molecule has 0 aliphatic carbocycles. The Balaban J connectivity index is 2.44. The molecule has 1 fully saturated rings. The van der Waals surface area contributed by atoms with E-state index < -0.39 is 28.6 Å². The lowest BCUT2D eigenvalue weighted by Crippen LogP contribution is -2.41. The number of carboxylic acids is 1. The van der Waals surface area contributed by atoms with Crippen molar-refractivity contribution in [3.8, 4) is 0 Å². The molecule has 1 aliphatic rings. The van der Waals surface area contributed by atoms with Gasteiger partial charge in [-0.15, -0.1) is 0 Å². The van der Waals surface area contributed by atoms with Gasteiger partial charge in [0, 0.05) is 13.1 Å². The number of sulfonamides is 1. The zero-order valence-corrected chi connectivity index (χ0v) is 10.5. The summed E-state index contributed by atoms with van der Waals surface area (Å²) in [6, 6.07) is 0. The summed E-state index contributed by atoms with van der Waals surface area (Å²) in [6.07, 6.45) is 1.29. The van der Waals surface area contributed by atoms with Crippen molar-refractivity contribution in [3.63, 3.8) is 0 Å². The van der Waals surface area contributed by atoms with Gasteiger partial charge in [-0.05, 0) is 25.7 Å². The van der Waals surface area contributed by atoms with Gasteiger partial charge < -0.3 is 5.11 Å². The van der Waals surface area contributed by atoms with E-state index in [1.807, 2.05) is 0 Å². The van der Waals surface area contributed by atoms with Gasteiger partial charge in [0.2, 0.25) is 10.0 Å². The second-order valence-electron chi connectivity index (χ2n) is 4.22. The molecular formula is C10H18FNO4S. The fraction of sp³-hybridized carbons (Fsp3) is 0.900. The van der Waals surface area contributed by atoms with Crippen LogP contribution in [0.15, 0.2) is 0 Å². The van der Waals surface area contributed by atoms with E-state index in [2.05, 4.69) is 0 Å². The van der Waals surface area contributed by atoms with Crippen LogP contribution in [-0.2, 0) is 14.8 Å². The SMILES string of the molecule is O=C(O)C1CCN(S(=O)(=O)CCCCF)CC1. The number of unbranched alkanes of at least 4 members (excludes halogenated alkanes) is 1. The van der Waals surface area contributed by atoms with Crippen LogP contribution < -0.4 is 0 Å². The quantitative estimate of drug-likeness (QED) is 0.724. The summed E-state index contributed by atoms with van der Waals surface area (Å²) in [7, 11) is -3.33. The zero-order chi connectivity index (χ0) is 12.9. The molecule has 1 saturated heterocycles. The van der Waals surface area contributed by atoms with Gasteiger partial charge in [-0.3, -0.25) is 9.18 Å². The monoisotopic (exact) mass is 267 g/mol. The third kappa shape index (κ3) is 4.23. The number of hydrogen-bond acceptors (Lipinski definition) is 3. The van der Waals surface area contributed by atoms with Crippen molar-refractivity contribution < 1.29 is 22.7 Å². The second-order valence-corrected chi connectivity index (χ2v) is 6.31. The average molecular weight is 267 g/mol. The van der Waals surface area contributed by atoms with Crippen LogP contribution in [-0.4, -0.2) is 49.3 Å². The van der Waals surface area contributed by atoms with Gasteiger partial charge in [0.25, 0.3) is 0 Å². The van der Waals surface area contributed by atoms with E-state index in [1.54, 1.807) is 0 Å². The minimum absolute atomic E-state index is 0.0470. The van der Waals surface area contributed by atoms with Crippen molar-refractivity contribution in [2.45, 2.75) is 25.7 Å². The van der Waals surface area contributed by atoms with Crippen molar-refractivity contribution in [2.24, 2.45) is 5.92 Å². The molecular weight excluding hydrogens is 249 g/mol. The van der Waals surface area contributed by atoms with Crippen LogP contribution in [0.1, 0.15) is 25.7 Å². The van der Waals surface area contributed by atoms with Crippen molar-refractivity contribution in [2.75, 3.05) is 25.5 Å². The highest BCUT2D eigenvalue weighted by atomic mass is 32.2. The standard InChI is InChI=1S/C10H18FNO4S/c11-5-1-2-8-17(15,16)12-6-3-9(4-7-12)10(13)14/h9H,1-8H2,(H,13,14). The maximum Gasteiger partial charge on any atom is 0.306 e. The summed E-state index contributed by atoms with van der Waals surface area (Å²) < 4.78 is 36.8. The van der Waals surface area contributed by atoms with E-state index in [9.17, 15) is 17.6 Å². The molecule has 0 amide bonds. The Labute approximate surface area is 101 Å². The largest absolute Gasteiger partial charge is 0.481 e. The van der Waals surface area contributed by atoms with Gasteiger partial charge >= 0.3 is 5.97 Å². The number of nitrogens with zero attached hydrogens (tertiary/aromatic N) is 1. The van der Waals surface area contributed by atoms with E-state index >= 15 is 0 Å². The molecule has 0 unspecified atom stereocenters. The number of hydrogen-bond donors (Lipinski definition) is 1. The van der Waals surface area contributed by atoms with Crippen molar-refractivity contribution in [1.82, 2.24) is 4.31 Å². The molecule has 1 heterocycles. The van der Waals surface area contributed by atoms with Crippen LogP contribution >= 0.6 is 0 Å². The van der Waals surface area contributed by atoms with Crippen LogP contribution in [0.3, 0.4) is 0 Å². The van der Waals surface area contributed by atoms with E-state index in [-0.39, 0.29) is 25.3 Å². The molecule has 0 aromatic rings. The number of carbonyl (C=O) groups is 1. The molecule has 0 aromatic heterocycles. The van der Waals surface area contributed by atoms with E-state index in [0.29, 0.717) is 19.3 Å². The average Bonchev–Trinajstić information content (AvgIpc) is 2.29. The predicted octanol–water partition coefficient (Wildman–Crippen LogP) is 0.862. The highest BCUT2D eigenvalue weighted by molar-refractivity contribution is 7.89. The number of piperidine rings is 1. The minimum Gasteiger partial charge on any atom is -0.481 e. The molecule has 0 spiro atoms.